The Balaban J connectivity index is 1.77. The van der Waals surface area contributed by atoms with E-state index < -0.39 is 5.82 Å². The summed E-state index contributed by atoms with van der Waals surface area (Å²) in [7, 11) is 3.34. The van der Waals surface area contributed by atoms with E-state index in [-0.39, 0.29) is 41.5 Å². The van der Waals surface area contributed by atoms with Crippen LogP contribution >= 0.6 is 0 Å². The molecule has 3 rings (SSSR count). The fraction of sp³-hybridized carbons (Fsp3) is 0.444. The maximum Gasteiger partial charge on any atom is 0.274 e. The first-order valence-corrected chi connectivity index (χ1v) is 12.4. The second-order valence-corrected chi connectivity index (χ2v) is 9.85. The molecule has 198 valence electrons. The number of carbonyl (C=O) groups excluding carboxylic acids is 2. The Morgan fingerprint density at radius 2 is 2.00 bits per heavy atom. The van der Waals surface area contributed by atoms with Crippen LogP contribution in [-0.4, -0.2) is 50.3 Å². The van der Waals surface area contributed by atoms with Gasteiger partial charge in [-0.05, 0) is 56.7 Å². The number of fused-ring (bicyclic) bond motifs is 1. The molecule has 2 N–H and O–H groups in total. The quantitative estimate of drug-likeness (QED) is 0.318. The van der Waals surface area contributed by atoms with Crippen LogP contribution in [0.2, 0.25) is 0 Å². The minimum Gasteiger partial charge on any atom is -0.345 e. The summed E-state index contributed by atoms with van der Waals surface area (Å²) in [5, 5.41) is 2.72. The van der Waals surface area contributed by atoms with Crippen molar-refractivity contribution in [2.45, 2.75) is 59.9 Å². The molecule has 0 saturated heterocycles. The summed E-state index contributed by atoms with van der Waals surface area (Å²) in [5.41, 5.74) is 2.83. The maximum absolute atomic E-state index is 14.4. The summed E-state index contributed by atoms with van der Waals surface area (Å²) in [6.07, 6.45) is 6.38. The molecule has 3 aromatic heterocycles. The van der Waals surface area contributed by atoms with E-state index in [1.54, 1.807) is 26.2 Å². The van der Waals surface area contributed by atoms with Crippen LogP contribution in [0.1, 0.15) is 55.9 Å². The van der Waals surface area contributed by atoms with Crippen molar-refractivity contribution in [3.8, 4) is 0 Å². The van der Waals surface area contributed by atoms with E-state index in [0.29, 0.717) is 36.5 Å². The van der Waals surface area contributed by atoms with E-state index in [1.165, 1.54) is 21.7 Å². The second-order valence-electron chi connectivity index (χ2n) is 9.85. The zero-order valence-electron chi connectivity index (χ0n) is 22.3. The number of nitrogens with one attached hydrogen (secondary N) is 2. The number of allylic oxidation sites excluding steroid dienone is 1. The van der Waals surface area contributed by atoms with Gasteiger partial charge in [-0.25, -0.2) is 9.37 Å². The molecule has 0 aliphatic carbocycles. The number of aromatic nitrogens is 4. The first-order chi connectivity index (χ1) is 17.5. The number of pyridine rings is 2. The molecule has 3 aromatic rings. The fourth-order valence-corrected chi connectivity index (χ4v) is 3.93. The largest absolute Gasteiger partial charge is 0.345 e. The van der Waals surface area contributed by atoms with E-state index in [0.717, 1.165) is 17.0 Å². The molecule has 0 atom stereocenters. The molecule has 0 spiro atoms. The molecule has 3 heterocycles. The highest BCUT2D eigenvalue weighted by atomic mass is 19.1. The highest BCUT2D eigenvalue weighted by Gasteiger charge is 2.17. The summed E-state index contributed by atoms with van der Waals surface area (Å²) in [6.45, 7) is 7.88. The summed E-state index contributed by atoms with van der Waals surface area (Å²) < 4.78 is 15.9. The van der Waals surface area contributed by atoms with E-state index in [4.69, 9.17) is 0 Å². The van der Waals surface area contributed by atoms with Gasteiger partial charge in [0.15, 0.2) is 5.82 Å². The molecule has 10 heteroatoms. The van der Waals surface area contributed by atoms with Crippen molar-refractivity contribution < 1.29 is 14.0 Å². The lowest BCUT2D eigenvalue weighted by molar-refractivity contribution is -0.123. The number of unbranched alkanes of at least 4 members (excludes halogenated alkanes) is 1. The number of likely N-dealkylation sites (N-methyl/N-ethyl adjacent to an activating group) is 1. The van der Waals surface area contributed by atoms with Gasteiger partial charge >= 0.3 is 0 Å². The highest BCUT2D eigenvalue weighted by Crippen LogP contribution is 2.21. The van der Waals surface area contributed by atoms with Crippen LogP contribution < -0.4 is 10.9 Å². The number of H-pyrrole nitrogens is 1. The van der Waals surface area contributed by atoms with Crippen LogP contribution in [0.3, 0.4) is 0 Å². The lowest BCUT2D eigenvalue weighted by Crippen LogP contribution is -2.28. The Morgan fingerprint density at radius 1 is 1.27 bits per heavy atom. The third kappa shape index (κ3) is 6.90. The standard InChI is InChI=1S/C27H35FN6O3/c1-16(2)12-20-26-25(19(28)14-29-20)31-22(32-26)15-34-18(4)17(3)13-21(27(34)37)30-23(35)10-8-7-9-11-24(36)33(5)6/h9,11,13-14,16H,7-8,10,12,15H2,1-6H3,(H,30,35)(H,31,32)/b11-9+. The number of hydrogen-bond acceptors (Lipinski definition) is 5. The lowest BCUT2D eigenvalue weighted by atomic mass is 10.1. The predicted octanol–water partition coefficient (Wildman–Crippen LogP) is 3.88. The van der Waals surface area contributed by atoms with Crippen molar-refractivity contribution in [2.75, 3.05) is 19.4 Å². The van der Waals surface area contributed by atoms with Gasteiger partial charge in [0.1, 0.15) is 17.0 Å². The summed E-state index contributed by atoms with van der Waals surface area (Å²) in [4.78, 5) is 50.6. The van der Waals surface area contributed by atoms with Crippen molar-refractivity contribution in [3.05, 3.63) is 63.4 Å². The van der Waals surface area contributed by atoms with Crippen LogP contribution in [0.4, 0.5) is 10.1 Å². The molecular formula is C27H35FN6O3. The van der Waals surface area contributed by atoms with Crippen LogP contribution in [0.25, 0.3) is 11.0 Å². The average Bonchev–Trinajstić information content (AvgIpc) is 3.26. The van der Waals surface area contributed by atoms with Crippen LogP contribution in [0, 0.1) is 25.6 Å². The van der Waals surface area contributed by atoms with Crippen LogP contribution in [-0.2, 0) is 22.6 Å². The van der Waals surface area contributed by atoms with E-state index in [2.05, 4.69) is 34.1 Å². The van der Waals surface area contributed by atoms with E-state index in [1.807, 2.05) is 13.8 Å². The zero-order chi connectivity index (χ0) is 27.3. The minimum atomic E-state index is -0.521. The number of aryl methyl sites for hydroxylation is 1. The van der Waals surface area contributed by atoms with Crippen LogP contribution in [0.5, 0.6) is 0 Å². The van der Waals surface area contributed by atoms with Gasteiger partial charge in [-0.15, -0.1) is 0 Å². The van der Waals surface area contributed by atoms with E-state index in [9.17, 15) is 18.8 Å². The fourth-order valence-electron chi connectivity index (χ4n) is 3.93. The SMILES string of the molecule is Cc1cc(NC(=O)CCC/C=C/C(=O)N(C)C)c(=O)n(Cc2nc3c(F)cnc(CC(C)C)c3[nH]2)c1C. The molecule has 0 radical (unpaired) electrons. The monoisotopic (exact) mass is 510 g/mol. The van der Waals surface area contributed by atoms with Gasteiger partial charge in [0.25, 0.3) is 5.56 Å². The number of anilines is 1. The first kappa shape index (κ1) is 27.8. The number of amides is 2. The molecular weight excluding hydrogens is 475 g/mol. The molecule has 0 fully saturated rings. The zero-order valence-corrected chi connectivity index (χ0v) is 22.3. The summed E-state index contributed by atoms with van der Waals surface area (Å²) in [6, 6.07) is 1.66. The Kier molecular flexibility index (Phi) is 8.96. The number of halogens is 1. The summed E-state index contributed by atoms with van der Waals surface area (Å²) >= 11 is 0. The van der Waals surface area contributed by atoms with E-state index >= 15 is 0 Å². The maximum atomic E-state index is 14.4. The smallest absolute Gasteiger partial charge is 0.274 e. The van der Waals surface area contributed by atoms with Crippen molar-refractivity contribution >= 4 is 28.5 Å². The number of hydrogen-bond donors (Lipinski definition) is 2. The molecule has 0 aromatic carbocycles. The third-order valence-electron chi connectivity index (χ3n) is 6.07. The Bertz CT molecular complexity index is 1390. The first-order valence-electron chi connectivity index (χ1n) is 12.4. The Labute approximate surface area is 215 Å². The number of aromatic amines is 1. The third-order valence-corrected chi connectivity index (χ3v) is 6.07. The van der Waals surface area contributed by atoms with Gasteiger partial charge in [0, 0.05) is 26.2 Å². The summed E-state index contributed by atoms with van der Waals surface area (Å²) in [5.74, 6) is -0.155. The molecule has 0 aliphatic heterocycles. The van der Waals surface area contributed by atoms with Crippen molar-refractivity contribution in [1.29, 1.82) is 0 Å². The van der Waals surface area contributed by atoms with Crippen molar-refractivity contribution in [2.24, 2.45) is 5.92 Å². The minimum absolute atomic E-state index is 0.0924. The van der Waals surface area contributed by atoms with Crippen molar-refractivity contribution in [1.82, 2.24) is 24.4 Å². The number of carbonyl (C=O) groups is 2. The van der Waals surface area contributed by atoms with Gasteiger partial charge in [0.2, 0.25) is 11.8 Å². The molecule has 37 heavy (non-hydrogen) atoms. The topological polar surface area (TPSA) is 113 Å². The number of nitrogens with zero attached hydrogens (tertiary/aromatic N) is 4. The predicted molar refractivity (Wildman–Crippen MR) is 142 cm³/mol. The van der Waals surface area contributed by atoms with Gasteiger partial charge in [0.05, 0.1) is 24.0 Å². The van der Waals surface area contributed by atoms with Gasteiger partial charge in [-0.2, -0.15) is 0 Å². The average molecular weight is 511 g/mol. The molecule has 0 saturated carbocycles. The Morgan fingerprint density at radius 3 is 2.68 bits per heavy atom. The number of imidazole rings is 1. The lowest BCUT2D eigenvalue weighted by Gasteiger charge is -2.14. The molecule has 0 bridgehead atoms. The van der Waals surface area contributed by atoms with Gasteiger partial charge in [-0.3, -0.25) is 19.4 Å². The highest BCUT2D eigenvalue weighted by molar-refractivity contribution is 5.90. The molecule has 2 amide bonds. The molecule has 0 aliphatic rings. The second kappa shape index (κ2) is 11.9. The molecule has 0 unspecified atom stereocenters. The van der Waals surface area contributed by atoms with Crippen LogP contribution in [0.15, 0.2) is 29.2 Å². The molecule has 9 nitrogen and oxygen atoms in total. The normalized spacial score (nSPS) is 11.6. The number of rotatable bonds is 10. The van der Waals surface area contributed by atoms with Gasteiger partial charge < -0.3 is 19.8 Å². The van der Waals surface area contributed by atoms with Gasteiger partial charge in [-0.1, -0.05) is 19.9 Å². The Hall–Kier alpha value is -3.82. The van der Waals surface area contributed by atoms with Crippen molar-refractivity contribution in [3.63, 3.8) is 0 Å².